The first-order valence-corrected chi connectivity index (χ1v) is 3.88. The number of halogens is 5. The standard InChI is InChI=1S/C9H3F5N.H2N.W/c10-5-2-1-4(9(12,13)14)8(11)7(5)6-3-15-6;;/h1-3H;1H2;/q2*-1;+2. The second-order valence-electron chi connectivity index (χ2n) is 2.93. The van der Waals surface area contributed by atoms with E-state index >= 15 is 0 Å². The fourth-order valence-electron chi connectivity index (χ4n) is 1.17. The van der Waals surface area contributed by atoms with E-state index in [4.69, 9.17) is 0 Å². The SMILES string of the molecule is Fc1ccc(C(F)(F)F)c(F)c1C1=C[N-]1.[NH2-].[W+2]. The summed E-state index contributed by atoms with van der Waals surface area (Å²) < 4.78 is 63.0. The first kappa shape index (κ1) is 16.1. The van der Waals surface area contributed by atoms with Crippen LogP contribution in [0.25, 0.3) is 17.2 Å². The van der Waals surface area contributed by atoms with Crippen molar-refractivity contribution in [2.45, 2.75) is 6.18 Å². The van der Waals surface area contributed by atoms with Crippen LogP contribution in [-0.4, -0.2) is 0 Å². The molecule has 0 fully saturated rings. The monoisotopic (exact) mass is 420 g/mol. The number of alkyl halides is 3. The van der Waals surface area contributed by atoms with Crippen molar-refractivity contribution in [3.8, 4) is 0 Å². The molecule has 2 rings (SSSR count). The van der Waals surface area contributed by atoms with E-state index in [0.717, 1.165) is 6.20 Å². The van der Waals surface area contributed by atoms with Crippen molar-refractivity contribution in [2.75, 3.05) is 0 Å². The Labute approximate surface area is 108 Å². The van der Waals surface area contributed by atoms with E-state index in [9.17, 15) is 22.0 Å². The van der Waals surface area contributed by atoms with Gasteiger partial charge >= 0.3 is 27.2 Å². The summed E-state index contributed by atoms with van der Waals surface area (Å²) in [5.41, 5.74) is -2.29. The van der Waals surface area contributed by atoms with Crippen LogP contribution in [0.3, 0.4) is 0 Å². The average Bonchev–Trinajstić information content (AvgIpc) is 2.85. The molecule has 0 spiro atoms. The van der Waals surface area contributed by atoms with E-state index < -0.39 is 28.9 Å². The molecule has 0 radical (unpaired) electrons. The van der Waals surface area contributed by atoms with E-state index in [-0.39, 0.29) is 32.9 Å². The Balaban J connectivity index is 0.00000128. The maximum atomic E-state index is 13.3. The van der Waals surface area contributed by atoms with E-state index in [1.54, 1.807) is 0 Å². The van der Waals surface area contributed by atoms with E-state index in [1.165, 1.54) is 0 Å². The van der Waals surface area contributed by atoms with E-state index in [0.29, 0.717) is 12.1 Å². The number of benzene rings is 1. The Hall–Kier alpha value is -0.942. The van der Waals surface area contributed by atoms with Crippen LogP contribution in [0.5, 0.6) is 0 Å². The van der Waals surface area contributed by atoms with Gasteiger partial charge in [-0.2, -0.15) is 19.4 Å². The Morgan fingerprint density at radius 3 is 2.00 bits per heavy atom. The summed E-state index contributed by atoms with van der Waals surface area (Å²) in [5, 5.41) is 3.36. The molecule has 1 aromatic carbocycles. The van der Waals surface area contributed by atoms with Gasteiger partial charge in [-0.3, -0.25) is 0 Å². The van der Waals surface area contributed by atoms with Gasteiger partial charge in [0, 0.05) is 5.56 Å². The minimum absolute atomic E-state index is 0. The molecular weight excluding hydrogens is 415 g/mol. The molecule has 2 nitrogen and oxygen atoms in total. The zero-order chi connectivity index (χ0) is 11.2. The van der Waals surface area contributed by atoms with Crippen molar-refractivity contribution in [3.63, 3.8) is 0 Å². The Bertz CT molecular complexity index is 455. The largest absolute Gasteiger partial charge is 2.00 e. The maximum absolute atomic E-state index is 13.3. The molecule has 1 aliphatic heterocycles. The van der Waals surface area contributed by atoms with Gasteiger partial charge in [0.15, 0.2) is 0 Å². The summed E-state index contributed by atoms with van der Waals surface area (Å²) in [6.45, 7) is 0. The first-order valence-electron chi connectivity index (χ1n) is 3.88. The summed E-state index contributed by atoms with van der Waals surface area (Å²) in [7, 11) is 0. The molecule has 0 saturated heterocycles. The van der Waals surface area contributed by atoms with Gasteiger partial charge in [0.25, 0.3) is 0 Å². The van der Waals surface area contributed by atoms with Crippen LogP contribution in [0.1, 0.15) is 11.1 Å². The fraction of sp³-hybridized carbons (Fsp3) is 0.111. The zero-order valence-corrected chi connectivity index (χ0v) is 11.0. The summed E-state index contributed by atoms with van der Waals surface area (Å²) >= 11 is 0. The Kier molecular flexibility index (Phi) is 4.86. The number of hydrogen-bond donors (Lipinski definition) is 0. The molecule has 1 aromatic rings. The molecule has 1 aliphatic rings. The smallest absolute Gasteiger partial charge is 0.693 e. The van der Waals surface area contributed by atoms with Crippen LogP contribution >= 0.6 is 0 Å². The number of nitrogens with two attached hydrogens (primary N) is 1. The van der Waals surface area contributed by atoms with Crippen LogP contribution in [0.4, 0.5) is 22.0 Å². The number of hydrogen-bond acceptors (Lipinski definition) is 0. The van der Waals surface area contributed by atoms with Gasteiger partial charge in [0.05, 0.1) is 5.56 Å². The van der Waals surface area contributed by atoms with Gasteiger partial charge in [-0.25, -0.2) is 8.78 Å². The molecular formula is C9H5F5N2W. The van der Waals surface area contributed by atoms with Crippen molar-refractivity contribution in [3.05, 3.63) is 52.6 Å². The third kappa shape index (κ3) is 3.04. The quantitative estimate of drug-likeness (QED) is 0.606. The van der Waals surface area contributed by atoms with Crippen molar-refractivity contribution in [1.29, 1.82) is 0 Å². The second kappa shape index (κ2) is 5.14. The molecule has 1 heterocycles. The predicted molar refractivity (Wildman–Crippen MR) is 48.0 cm³/mol. The number of rotatable bonds is 1. The summed E-state index contributed by atoms with van der Waals surface area (Å²) in [4.78, 5) is 0. The molecule has 8 heteroatoms. The summed E-state index contributed by atoms with van der Waals surface area (Å²) in [6.07, 6.45) is -3.73. The molecule has 0 saturated carbocycles. The Morgan fingerprint density at radius 2 is 1.59 bits per heavy atom. The third-order valence-electron chi connectivity index (χ3n) is 1.91. The zero-order valence-electron chi connectivity index (χ0n) is 8.05. The van der Waals surface area contributed by atoms with Gasteiger partial charge in [0.1, 0.15) is 11.6 Å². The van der Waals surface area contributed by atoms with Crippen LogP contribution in [0.15, 0.2) is 18.3 Å². The molecule has 0 bridgehead atoms. The van der Waals surface area contributed by atoms with E-state index in [1.807, 2.05) is 0 Å². The molecule has 17 heavy (non-hydrogen) atoms. The molecule has 2 N–H and O–H groups in total. The van der Waals surface area contributed by atoms with Crippen LogP contribution in [0.2, 0.25) is 0 Å². The third-order valence-corrected chi connectivity index (χ3v) is 1.91. The van der Waals surface area contributed by atoms with Crippen LogP contribution in [-0.2, 0) is 27.2 Å². The molecule has 92 valence electrons. The fourth-order valence-corrected chi connectivity index (χ4v) is 1.17. The minimum atomic E-state index is -4.83. The molecule has 0 aliphatic carbocycles. The normalized spacial score (nSPS) is 12.9. The van der Waals surface area contributed by atoms with Gasteiger partial charge in [-0.05, 0) is 12.1 Å². The molecule has 0 aromatic heterocycles. The summed E-state index contributed by atoms with van der Waals surface area (Å²) in [5.74, 6) is -2.66. The molecule has 0 amide bonds. The molecule has 0 atom stereocenters. The van der Waals surface area contributed by atoms with Gasteiger partial charge in [0.2, 0.25) is 0 Å². The van der Waals surface area contributed by atoms with Gasteiger partial charge < -0.3 is 11.5 Å². The van der Waals surface area contributed by atoms with Gasteiger partial charge in [-0.15, -0.1) is 5.70 Å². The first-order chi connectivity index (χ1) is 6.91. The van der Waals surface area contributed by atoms with Crippen molar-refractivity contribution in [2.24, 2.45) is 0 Å². The molecule has 0 unspecified atom stereocenters. The van der Waals surface area contributed by atoms with E-state index in [2.05, 4.69) is 5.32 Å². The summed E-state index contributed by atoms with van der Waals surface area (Å²) in [6, 6.07) is 0.951. The van der Waals surface area contributed by atoms with Crippen LogP contribution < -0.4 is 0 Å². The maximum Gasteiger partial charge on any atom is 2.00 e. The Morgan fingerprint density at radius 1 is 1.06 bits per heavy atom. The average molecular weight is 420 g/mol. The topological polar surface area (TPSA) is 47.6 Å². The van der Waals surface area contributed by atoms with Crippen molar-refractivity contribution < 1.29 is 43.0 Å². The van der Waals surface area contributed by atoms with Crippen molar-refractivity contribution in [1.82, 2.24) is 0 Å². The second-order valence-corrected chi connectivity index (χ2v) is 2.93. The van der Waals surface area contributed by atoms with Crippen molar-refractivity contribution >= 4 is 5.70 Å². The van der Waals surface area contributed by atoms with Crippen LogP contribution in [0, 0.1) is 11.6 Å². The minimum Gasteiger partial charge on any atom is -0.693 e. The van der Waals surface area contributed by atoms with Gasteiger partial charge in [-0.1, -0.05) is 0 Å². The number of nitrogens with zero attached hydrogens (tertiary/aromatic N) is 1. The predicted octanol–water partition coefficient (Wildman–Crippen LogP) is 4.38.